The highest BCUT2D eigenvalue weighted by atomic mass is 35.6. The lowest BCUT2D eigenvalue weighted by Crippen LogP contribution is -2.28. The molecule has 0 bridgehead atoms. The molecule has 0 aromatic carbocycles. The Morgan fingerprint density at radius 3 is 0.800 bits per heavy atom. The molecule has 0 aliphatic carbocycles. The van der Waals surface area contributed by atoms with Crippen molar-refractivity contribution in [3.63, 3.8) is 0 Å². The van der Waals surface area contributed by atoms with E-state index in [1.807, 2.05) is 0 Å². The third-order valence-electron chi connectivity index (χ3n) is 0.569. The summed E-state index contributed by atoms with van der Waals surface area (Å²) in [6.07, 6.45) is -2.91. The van der Waals surface area contributed by atoms with Gasteiger partial charge in [0.15, 0.2) is 0 Å². The minimum atomic E-state index is -4.66. The molecule has 0 amide bonds. The maximum absolute atomic E-state index is 11.1. The van der Waals surface area contributed by atoms with Crippen LogP contribution in [0.25, 0.3) is 0 Å². The lowest BCUT2D eigenvalue weighted by molar-refractivity contribution is -0.0960. The van der Waals surface area contributed by atoms with Crippen molar-refractivity contribution in [3.05, 3.63) is 0 Å². The van der Waals surface area contributed by atoms with Crippen molar-refractivity contribution in [2.45, 2.75) is 21.0 Å². The lowest BCUT2D eigenvalue weighted by atomic mass is 10.7. The maximum Gasteiger partial charge on any atom is 0.398 e. The summed E-state index contributed by atoms with van der Waals surface area (Å²) in [6.45, 7) is 0. The van der Waals surface area contributed by atoms with Crippen molar-refractivity contribution >= 4 is 58.0 Å². The minimum absolute atomic E-state index is 2.42. The summed E-state index contributed by atoms with van der Waals surface area (Å²) in [7, 11) is 0. The fourth-order valence-corrected chi connectivity index (χ4v) is 0. The van der Waals surface area contributed by atoms with Gasteiger partial charge >= 0.3 is 10.8 Å². The molecule has 0 unspecified atom stereocenters. The number of alkyl halides is 11. The fraction of sp³-hybridized carbons (Fsp3) is 1.00. The molecule has 0 atom stereocenters. The van der Waals surface area contributed by atoms with Crippen LogP contribution >= 0.6 is 58.0 Å². The average Bonchev–Trinajstić information content (AvgIpc) is 1.80. The Morgan fingerprint density at radius 2 is 0.800 bits per heavy atom. The summed E-state index contributed by atoms with van der Waals surface area (Å²) in [5, 5.41) is -9.32. The fourth-order valence-electron chi connectivity index (χ4n) is 0. The van der Waals surface area contributed by atoms with Gasteiger partial charge in [-0.05, 0) is 23.2 Å². The van der Waals surface area contributed by atoms with E-state index in [4.69, 9.17) is 0 Å². The van der Waals surface area contributed by atoms with E-state index in [0.717, 1.165) is 0 Å². The van der Waals surface area contributed by atoms with Gasteiger partial charge in [0, 0.05) is 0 Å². The molecular weight excluding hydrogens is 339 g/mol. The first-order valence-corrected chi connectivity index (χ1v) is 4.57. The van der Waals surface area contributed by atoms with E-state index < -0.39 is 21.0 Å². The van der Waals surface area contributed by atoms with Crippen LogP contribution < -0.4 is 0 Å². The second-order valence-electron chi connectivity index (χ2n) is 1.84. The summed E-state index contributed by atoms with van der Waals surface area (Å²) in [5.74, 6) is 0. The van der Waals surface area contributed by atoms with E-state index in [-0.39, 0.29) is 0 Å². The summed E-state index contributed by atoms with van der Waals surface area (Å²) in [6, 6.07) is 0. The molecule has 0 saturated heterocycles. The van der Waals surface area contributed by atoms with Crippen LogP contribution in [0.2, 0.25) is 0 Å². The van der Waals surface area contributed by atoms with Crippen LogP contribution in [0.1, 0.15) is 0 Å². The van der Waals surface area contributed by atoms with Gasteiger partial charge in [0.25, 0.3) is 10.2 Å². The van der Waals surface area contributed by atoms with E-state index in [2.05, 4.69) is 58.0 Å². The molecule has 0 saturated carbocycles. The standard InChI is InChI=1S/C2HCl3F2.C2Cl2F4/c3-2(4,5)1(6)7;3-1(5,6)2(4,7)8/h1H;. The van der Waals surface area contributed by atoms with Crippen molar-refractivity contribution in [2.24, 2.45) is 0 Å². The molecule has 15 heavy (non-hydrogen) atoms. The molecule has 94 valence electrons. The number of rotatable bonds is 1. The molecule has 0 N–H and O–H groups in total. The molecule has 0 fully saturated rings. The van der Waals surface area contributed by atoms with Crippen LogP contribution in [0.4, 0.5) is 26.3 Å². The molecule has 0 radical (unpaired) electrons. The molecule has 0 rings (SSSR count). The Kier molecular flexibility index (Phi) is 7.48. The Labute approximate surface area is 105 Å². The third kappa shape index (κ3) is 9.93. The van der Waals surface area contributed by atoms with Crippen molar-refractivity contribution < 1.29 is 26.3 Å². The molecule has 0 spiro atoms. The highest BCUT2D eigenvalue weighted by Gasteiger charge is 2.53. The zero-order chi connectivity index (χ0) is 13.1. The Balaban J connectivity index is 0. The summed E-state index contributed by atoms with van der Waals surface area (Å²) in [5.41, 5.74) is 0. The smallest absolute Gasteiger partial charge is 0.206 e. The Morgan fingerprint density at radius 1 is 0.667 bits per heavy atom. The lowest BCUT2D eigenvalue weighted by Gasteiger charge is -2.11. The SMILES string of the molecule is FC(F)(Cl)C(F)(F)Cl.FC(F)C(Cl)(Cl)Cl. The molecule has 0 aliphatic rings. The summed E-state index contributed by atoms with van der Waals surface area (Å²) in [4.78, 5) is 0. The monoisotopic (exact) mass is 338 g/mol. The quantitative estimate of drug-likeness (QED) is 0.450. The molecular formula is C4HCl5F6. The van der Waals surface area contributed by atoms with Crippen molar-refractivity contribution in [3.8, 4) is 0 Å². The minimum Gasteiger partial charge on any atom is -0.206 e. The molecule has 0 aromatic rings. The number of hydrogen-bond acceptors (Lipinski definition) is 0. The van der Waals surface area contributed by atoms with Gasteiger partial charge in [-0.1, -0.05) is 34.8 Å². The van der Waals surface area contributed by atoms with E-state index in [1.165, 1.54) is 0 Å². The van der Waals surface area contributed by atoms with Gasteiger partial charge in [0.1, 0.15) is 0 Å². The van der Waals surface area contributed by atoms with Crippen LogP contribution in [0.3, 0.4) is 0 Å². The Hall–Kier alpha value is 1.03. The van der Waals surface area contributed by atoms with E-state index in [0.29, 0.717) is 0 Å². The van der Waals surface area contributed by atoms with Crippen LogP contribution in [-0.4, -0.2) is 21.0 Å². The highest BCUT2D eigenvalue weighted by Crippen LogP contribution is 2.40. The molecule has 11 heteroatoms. The predicted octanol–water partition coefficient (Wildman–Crippen LogP) is 5.27. The predicted molar refractivity (Wildman–Crippen MR) is 47.9 cm³/mol. The number of halogens is 11. The second-order valence-corrected chi connectivity index (χ2v) is 5.16. The van der Waals surface area contributed by atoms with Crippen LogP contribution in [0, 0.1) is 0 Å². The van der Waals surface area contributed by atoms with Crippen LogP contribution in [0.5, 0.6) is 0 Å². The molecule has 0 heterocycles. The van der Waals surface area contributed by atoms with Crippen molar-refractivity contribution in [1.29, 1.82) is 0 Å². The van der Waals surface area contributed by atoms with E-state index in [1.54, 1.807) is 0 Å². The van der Waals surface area contributed by atoms with E-state index >= 15 is 0 Å². The van der Waals surface area contributed by atoms with Crippen molar-refractivity contribution in [2.75, 3.05) is 0 Å². The third-order valence-corrected chi connectivity index (χ3v) is 1.64. The normalized spacial score (nSPS) is 13.6. The summed E-state index contributed by atoms with van der Waals surface area (Å²) >= 11 is 21.5. The second kappa shape index (κ2) is 6.10. The van der Waals surface area contributed by atoms with Gasteiger partial charge in [0.05, 0.1) is 0 Å². The Bertz CT molecular complexity index is 165. The van der Waals surface area contributed by atoms with Gasteiger partial charge in [-0.25, -0.2) is 8.78 Å². The van der Waals surface area contributed by atoms with Crippen LogP contribution in [-0.2, 0) is 0 Å². The highest BCUT2D eigenvalue weighted by molar-refractivity contribution is 6.67. The first kappa shape index (κ1) is 18.4. The van der Waals surface area contributed by atoms with Gasteiger partial charge < -0.3 is 0 Å². The number of hydrogen-bond donors (Lipinski definition) is 0. The van der Waals surface area contributed by atoms with Crippen LogP contribution in [0.15, 0.2) is 0 Å². The van der Waals surface area contributed by atoms with Gasteiger partial charge in [0.2, 0.25) is 0 Å². The largest absolute Gasteiger partial charge is 0.398 e. The molecule has 0 aliphatic heterocycles. The molecule has 0 aromatic heterocycles. The van der Waals surface area contributed by atoms with Crippen molar-refractivity contribution in [1.82, 2.24) is 0 Å². The zero-order valence-corrected chi connectivity index (χ0v) is 10.0. The summed E-state index contributed by atoms with van der Waals surface area (Å²) < 4.78 is 64.3. The van der Waals surface area contributed by atoms with E-state index in [9.17, 15) is 26.3 Å². The first-order valence-electron chi connectivity index (χ1n) is 2.68. The zero-order valence-electron chi connectivity index (χ0n) is 6.23. The van der Waals surface area contributed by atoms with Gasteiger partial charge in [-0.2, -0.15) is 17.6 Å². The van der Waals surface area contributed by atoms with Gasteiger partial charge in [-0.15, -0.1) is 0 Å². The first-order chi connectivity index (χ1) is 6.19. The average molecular weight is 340 g/mol. The maximum atomic E-state index is 11.1. The topological polar surface area (TPSA) is 0 Å². The molecule has 0 nitrogen and oxygen atoms in total. The van der Waals surface area contributed by atoms with Gasteiger partial charge in [-0.3, -0.25) is 0 Å².